The number of nitrogens with zero attached hydrogens (tertiary/aromatic N) is 1. The summed E-state index contributed by atoms with van der Waals surface area (Å²) >= 11 is 0. The van der Waals surface area contributed by atoms with Crippen molar-refractivity contribution in [2.75, 3.05) is 6.54 Å². The molecule has 42 heavy (non-hydrogen) atoms. The molecule has 9 heteroatoms. The van der Waals surface area contributed by atoms with Gasteiger partial charge in [-0.15, -0.1) is 0 Å². The maximum Gasteiger partial charge on any atom is 0.408 e. The molecule has 0 saturated heterocycles. The van der Waals surface area contributed by atoms with Crippen LogP contribution in [-0.4, -0.2) is 52.9 Å². The van der Waals surface area contributed by atoms with E-state index < -0.39 is 35.6 Å². The quantitative estimate of drug-likeness (QED) is 0.210. The summed E-state index contributed by atoms with van der Waals surface area (Å²) in [6.07, 6.45) is 10.4. The number of nitrogens with one attached hydrogen (secondary N) is 2. The molecule has 4 N–H and O–H groups in total. The lowest BCUT2D eigenvalue weighted by atomic mass is 9.94. The molecule has 1 aliphatic carbocycles. The number of primary amides is 1. The first kappa shape index (κ1) is 35.1. The first-order valence-corrected chi connectivity index (χ1v) is 15.9. The Bertz CT molecular complexity index is 1020. The lowest BCUT2D eigenvalue weighted by Gasteiger charge is -2.36. The van der Waals surface area contributed by atoms with Gasteiger partial charge in [-0.3, -0.25) is 14.4 Å². The highest BCUT2D eigenvalue weighted by molar-refractivity contribution is 5.92. The van der Waals surface area contributed by atoms with Gasteiger partial charge in [0.05, 0.1) is 0 Å². The third kappa shape index (κ3) is 12.8. The fourth-order valence-electron chi connectivity index (χ4n) is 5.46. The Balaban J connectivity index is 2.45. The van der Waals surface area contributed by atoms with Crippen molar-refractivity contribution < 1.29 is 23.9 Å². The SMILES string of the molecule is CCCCCCCCN(C(=O)C(CCC(N)=O)NC(=O)OC(C)(C)C)C(C(=O)NC1CCCCC1)c1cccc(C)c1. The van der Waals surface area contributed by atoms with Crippen molar-refractivity contribution in [2.24, 2.45) is 5.73 Å². The van der Waals surface area contributed by atoms with Gasteiger partial charge in [0.15, 0.2) is 0 Å². The third-order valence-electron chi connectivity index (χ3n) is 7.57. The van der Waals surface area contributed by atoms with Gasteiger partial charge in [0, 0.05) is 19.0 Å². The van der Waals surface area contributed by atoms with Gasteiger partial charge in [-0.1, -0.05) is 88.1 Å². The Morgan fingerprint density at radius 2 is 1.69 bits per heavy atom. The number of ether oxygens (including phenoxy) is 1. The van der Waals surface area contributed by atoms with Crippen molar-refractivity contribution in [3.63, 3.8) is 0 Å². The molecule has 9 nitrogen and oxygen atoms in total. The number of rotatable bonds is 16. The van der Waals surface area contributed by atoms with E-state index in [1.807, 2.05) is 31.2 Å². The Hall–Kier alpha value is -3.10. The molecule has 2 atom stereocenters. The van der Waals surface area contributed by atoms with Gasteiger partial charge in [0.2, 0.25) is 17.7 Å². The maximum absolute atomic E-state index is 14.3. The minimum Gasteiger partial charge on any atom is -0.444 e. The van der Waals surface area contributed by atoms with E-state index in [4.69, 9.17) is 10.5 Å². The van der Waals surface area contributed by atoms with Crippen molar-refractivity contribution in [3.05, 3.63) is 35.4 Å². The van der Waals surface area contributed by atoms with Crippen LogP contribution in [0.4, 0.5) is 4.79 Å². The number of unbranched alkanes of at least 4 members (excludes halogenated alkanes) is 5. The molecule has 0 aliphatic heterocycles. The summed E-state index contributed by atoms with van der Waals surface area (Å²) in [5, 5.41) is 5.91. The van der Waals surface area contributed by atoms with Gasteiger partial charge in [0.25, 0.3) is 0 Å². The summed E-state index contributed by atoms with van der Waals surface area (Å²) in [6, 6.07) is 5.76. The van der Waals surface area contributed by atoms with Gasteiger partial charge >= 0.3 is 6.09 Å². The van der Waals surface area contributed by atoms with E-state index in [0.717, 1.165) is 69.8 Å². The van der Waals surface area contributed by atoms with E-state index in [0.29, 0.717) is 18.5 Å². The standard InChI is InChI=1S/C33H54N4O5/c1-6-7-8-9-10-14-22-37(31(40)27(20-21-28(34)38)36-32(41)42-33(3,4)5)29(25-17-15-16-24(2)23-25)30(39)35-26-18-12-11-13-19-26/h15-17,23,26-27,29H,6-14,18-22H2,1-5H3,(H2,34,38)(H,35,39)(H,36,41). The van der Waals surface area contributed by atoms with Crippen LogP contribution in [-0.2, 0) is 19.1 Å². The van der Waals surface area contributed by atoms with Gasteiger partial charge in [0.1, 0.15) is 17.7 Å². The molecule has 0 radical (unpaired) electrons. The number of hydrogen-bond donors (Lipinski definition) is 3. The summed E-state index contributed by atoms with van der Waals surface area (Å²) in [5.41, 5.74) is 6.36. The molecule has 1 aromatic rings. The smallest absolute Gasteiger partial charge is 0.408 e. The highest BCUT2D eigenvalue weighted by atomic mass is 16.6. The van der Waals surface area contributed by atoms with Gasteiger partial charge in [-0.25, -0.2) is 4.79 Å². The minimum absolute atomic E-state index is 0.00515. The Kier molecular flexibility index (Phi) is 14.8. The number of alkyl carbamates (subject to hydrolysis) is 1. The molecule has 4 amide bonds. The Morgan fingerprint density at radius 1 is 1.02 bits per heavy atom. The molecule has 1 aromatic carbocycles. The summed E-state index contributed by atoms with van der Waals surface area (Å²) in [7, 11) is 0. The largest absolute Gasteiger partial charge is 0.444 e. The van der Waals surface area contributed by atoms with Crippen molar-refractivity contribution in [3.8, 4) is 0 Å². The second-order valence-corrected chi connectivity index (χ2v) is 12.7. The zero-order valence-corrected chi connectivity index (χ0v) is 26.5. The average Bonchev–Trinajstić information content (AvgIpc) is 2.91. The summed E-state index contributed by atoms with van der Waals surface area (Å²) in [5.74, 6) is -1.23. The second-order valence-electron chi connectivity index (χ2n) is 12.7. The van der Waals surface area contributed by atoms with E-state index in [2.05, 4.69) is 17.6 Å². The average molecular weight is 587 g/mol. The first-order chi connectivity index (χ1) is 19.9. The zero-order valence-electron chi connectivity index (χ0n) is 26.5. The predicted molar refractivity (Wildman–Crippen MR) is 166 cm³/mol. The van der Waals surface area contributed by atoms with Crippen LogP contribution in [0.3, 0.4) is 0 Å². The normalized spacial score (nSPS) is 15.4. The number of hydrogen-bond acceptors (Lipinski definition) is 5. The van der Waals surface area contributed by atoms with Gasteiger partial charge in [-0.2, -0.15) is 0 Å². The number of nitrogens with two attached hydrogens (primary N) is 1. The molecule has 236 valence electrons. The second kappa shape index (κ2) is 17.8. The zero-order chi connectivity index (χ0) is 31.1. The van der Waals surface area contributed by atoms with Gasteiger partial charge in [-0.05, 0) is 58.9 Å². The van der Waals surface area contributed by atoms with Crippen LogP contribution in [0.15, 0.2) is 24.3 Å². The molecule has 1 fully saturated rings. The molecular weight excluding hydrogens is 532 g/mol. The van der Waals surface area contributed by atoms with Crippen LogP contribution in [0.2, 0.25) is 0 Å². The van der Waals surface area contributed by atoms with Crippen LogP contribution in [0, 0.1) is 6.92 Å². The summed E-state index contributed by atoms with van der Waals surface area (Å²) < 4.78 is 5.43. The number of carbonyl (C=O) groups excluding carboxylic acids is 4. The molecule has 0 heterocycles. The van der Waals surface area contributed by atoms with Crippen molar-refractivity contribution in [1.29, 1.82) is 0 Å². The third-order valence-corrected chi connectivity index (χ3v) is 7.57. The fraction of sp³-hybridized carbons (Fsp3) is 0.697. The molecule has 1 saturated carbocycles. The van der Waals surface area contributed by atoms with Crippen LogP contribution in [0.1, 0.15) is 128 Å². The summed E-state index contributed by atoms with van der Waals surface area (Å²) in [4.78, 5) is 54.5. The summed E-state index contributed by atoms with van der Waals surface area (Å²) in [6.45, 7) is 9.68. The monoisotopic (exact) mass is 586 g/mol. The first-order valence-electron chi connectivity index (χ1n) is 15.9. The lowest BCUT2D eigenvalue weighted by Crippen LogP contribution is -2.54. The molecular formula is C33H54N4O5. The molecule has 2 unspecified atom stereocenters. The lowest BCUT2D eigenvalue weighted by molar-refractivity contribution is -0.143. The van der Waals surface area contributed by atoms with Crippen molar-refractivity contribution in [2.45, 2.75) is 142 Å². The predicted octanol–water partition coefficient (Wildman–Crippen LogP) is 5.83. The molecule has 0 bridgehead atoms. The van der Waals surface area contributed by atoms with E-state index in [1.165, 1.54) is 0 Å². The van der Waals surface area contributed by atoms with E-state index in [-0.39, 0.29) is 24.8 Å². The number of benzene rings is 1. The van der Waals surface area contributed by atoms with Crippen molar-refractivity contribution >= 4 is 23.8 Å². The highest BCUT2D eigenvalue weighted by Crippen LogP contribution is 2.27. The van der Waals surface area contributed by atoms with Crippen LogP contribution in [0.5, 0.6) is 0 Å². The van der Waals surface area contributed by atoms with Crippen LogP contribution >= 0.6 is 0 Å². The van der Waals surface area contributed by atoms with Crippen molar-refractivity contribution in [1.82, 2.24) is 15.5 Å². The maximum atomic E-state index is 14.3. The van der Waals surface area contributed by atoms with Crippen LogP contribution in [0.25, 0.3) is 0 Å². The molecule has 1 aliphatic rings. The molecule has 0 aromatic heterocycles. The van der Waals surface area contributed by atoms with E-state index >= 15 is 0 Å². The molecule has 0 spiro atoms. The fourth-order valence-corrected chi connectivity index (χ4v) is 5.46. The van der Waals surface area contributed by atoms with E-state index in [9.17, 15) is 19.2 Å². The number of carbonyl (C=O) groups is 4. The van der Waals surface area contributed by atoms with Gasteiger partial charge < -0.3 is 26.0 Å². The van der Waals surface area contributed by atoms with Crippen LogP contribution < -0.4 is 16.4 Å². The minimum atomic E-state index is -1.08. The van der Waals surface area contributed by atoms with E-state index in [1.54, 1.807) is 25.7 Å². The Labute approximate surface area is 252 Å². The number of amides is 4. The molecule has 2 rings (SSSR count). The topological polar surface area (TPSA) is 131 Å². The highest BCUT2D eigenvalue weighted by Gasteiger charge is 2.37. The Morgan fingerprint density at radius 3 is 2.31 bits per heavy atom. The number of aryl methyl sites for hydroxylation is 1.